The Morgan fingerprint density at radius 2 is 1.69 bits per heavy atom. The van der Waals surface area contributed by atoms with Crippen molar-refractivity contribution in [3.8, 4) is 5.75 Å². The zero-order valence-electron chi connectivity index (χ0n) is 19.4. The molecule has 3 unspecified atom stereocenters. The van der Waals surface area contributed by atoms with E-state index < -0.39 is 35.9 Å². The molecule has 0 saturated carbocycles. The minimum Gasteiger partial charge on any atom is -0.508 e. The molecule has 3 aromatic rings. The van der Waals surface area contributed by atoms with Crippen LogP contribution in [0.15, 0.2) is 54.7 Å². The van der Waals surface area contributed by atoms with Crippen molar-refractivity contribution in [3.05, 3.63) is 65.9 Å². The summed E-state index contributed by atoms with van der Waals surface area (Å²) in [4.78, 5) is 41.0. The number of aliphatic carboxylic acids is 1. The monoisotopic (exact) mass is 498 g/mol. The van der Waals surface area contributed by atoms with Gasteiger partial charge in [0.1, 0.15) is 17.8 Å². The van der Waals surface area contributed by atoms with E-state index >= 15 is 0 Å². The van der Waals surface area contributed by atoms with E-state index in [0.29, 0.717) is 17.7 Å². The van der Waals surface area contributed by atoms with Crippen LogP contribution in [-0.2, 0) is 27.2 Å². The number of nitrogens with one attached hydrogen (secondary N) is 3. The summed E-state index contributed by atoms with van der Waals surface area (Å²) < 4.78 is 0. The van der Waals surface area contributed by atoms with Gasteiger partial charge in [0, 0.05) is 29.9 Å². The number of aromatic nitrogens is 1. The first-order valence-electron chi connectivity index (χ1n) is 11.2. The van der Waals surface area contributed by atoms with Gasteiger partial charge in [-0.2, -0.15) is 11.8 Å². The van der Waals surface area contributed by atoms with E-state index in [0.717, 1.165) is 16.5 Å². The molecule has 0 bridgehead atoms. The minimum absolute atomic E-state index is 0.0162. The maximum Gasteiger partial charge on any atom is 0.326 e. The lowest BCUT2D eigenvalue weighted by Crippen LogP contribution is -2.55. The second kappa shape index (κ2) is 12.3. The normalized spacial score (nSPS) is 13.7. The maximum absolute atomic E-state index is 13.3. The number of carbonyl (C=O) groups is 3. The summed E-state index contributed by atoms with van der Waals surface area (Å²) in [5, 5.41) is 25.3. The van der Waals surface area contributed by atoms with E-state index in [1.54, 1.807) is 30.1 Å². The van der Waals surface area contributed by atoms with Crippen LogP contribution in [0, 0.1) is 0 Å². The Hall–Kier alpha value is -3.50. The lowest BCUT2D eigenvalue weighted by Gasteiger charge is -2.23. The molecule has 10 heteroatoms. The maximum atomic E-state index is 13.3. The number of rotatable bonds is 12. The van der Waals surface area contributed by atoms with Crippen LogP contribution in [0.4, 0.5) is 0 Å². The number of amides is 2. The fourth-order valence-corrected chi connectivity index (χ4v) is 4.21. The van der Waals surface area contributed by atoms with Gasteiger partial charge >= 0.3 is 5.97 Å². The van der Waals surface area contributed by atoms with Crippen LogP contribution >= 0.6 is 11.8 Å². The molecule has 3 atom stereocenters. The molecule has 35 heavy (non-hydrogen) atoms. The fourth-order valence-electron chi connectivity index (χ4n) is 3.72. The number of phenols is 1. The van der Waals surface area contributed by atoms with E-state index in [1.165, 1.54) is 12.1 Å². The molecule has 0 aliphatic heterocycles. The van der Waals surface area contributed by atoms with Crippen molar-refractivity contribution in [2.45, 2.75) is 37.4 Å². The molecule has 1 heterocycles. The van der Waals surface area contributed by atoms with Gasteiger partial charge in [-0.3, -0.25) is 9.59 Å². The van der Waals surface area contributed by atoms with E-state index in [9.17, 15) is 24.6 Å². The van der Waals surface area contributed by atoms with Gasteiger partial charge in [-0.15, -0.1) is 0 Å². The molecule has 186 valence electrons. The molecule has 3 rings (SSSR count). The molecule has 1 aromatic heterocycles. The number of benzene rings is 2. The van der Waals surface area contributed by atoms with Crippen LogP contribution in [0.3, 0.4) is 0 Å². The van der Waals surface area contributed by atoms with Gasteiger partial charge in [-0.25, -0.2) is 4.79 Å². The average molecular weight is 499 g/mol. The molecule has 0 spiro atoms. The Labute approximate surface area is 207 Å². The summed E-state index contributed by atoms with van der Waals surface area (Å²) in [7, 11) is 0. The molecule has 9 nitrogen and oxygen atoms in total. The number of para-hydroxylation sites is 1. The van der Waals surface area contributed by atoms with Crippen molar-refractivity contribution in [1.29, 1.82) is 0 Å². The third-order valence-electron chi connectivity index (χ3n) is 5.69. The Morgan fingerprint density at radius 1 is 1.00 bits per heavy atom. The quantitative estimate of drug-likeness (QED) is 0.222. The lowest BCUT2D eigenvalue weighted by atomic mass is 10.0. The minimum atomic E-state index is -1.22. The second-order valence-corrected chi connectivity index (χ2v) is 9.27. The predicted molar refractivity (Wildman–Crippen MR) is 136 cm³/mol. The van der Waals surface area contributed by atoms with Crippen LogP contribution in [0.25, 0.3) is 10.9 Å². The van der Waals surface area contributed by atoms with Crippen molar-refractivity contribution in [1.82, 2.24) is 15.6 Å². The predicted octanol–water partition coefficient (Wildman–Crippen LogP) is 1.79. The molecular formula is C25H30N4O5S. The number of nitrogens with two attached hydrogens (primary N) is 1. The SMILES string of the molecule is CSCCC(N)C(=O)NC(Cc1c[nH]c2ccccc12)C(=O)NC(Cc1ccc(O)cc1)C(=O)O. The van der Waals surface area contributed by atoms with Gasteiger partial charge in [0.15, 0.2) is 0 Å². The third kappa shape index (κ3) is 7.24. The molecular weight excluding hydrogens is 468 g/mol. The van der Waals surface area contributed by atoms with E-state index in [2.05, 4.69) is 15.6 Å². The molecule has 0 radical (unpaired) electrons. The second-order valence-electron chi connectivity index (χ2n) is 8.28. The highest BCUT2D eigenvalue weighted by Crippen LogP contribution is 2.19. The zero-order valence-corrected chi connectivity index (χ0v) is 20.2. The number of carboxylic acids is 1. The first-order chi connectivity index (χ1) is 16.8. The number of phenolic OH excluding ortho intramolecular Hbond substituents is 1. The van der Waals surface area contributed by atoms with Crippen LogP contribution < -0.4 is 16.4 Å². The van der Waals surface area contributed by atoms with Gasteiger partial charge in [0.25, 0.3) is 0 Å². The number of carbonyl (C=O) groups excluding carboxylic acids is 2. The summed E-state index contributed by atoms with van der Waals surface area (Å²) >= 11 is 1.57. The van der Waals surface area contributed by atoms with Crippen molar-refractivity contribution in [2.75, 3.05) is 12.0 Å². The van der Waals surface area contributed by atoms with Crippen molar-refractivity contribution < 1.29 is 24.6 Å². The van der Waals surface area contributed by atoms with Crippen molar-refractivity contribution >= 4 is 40.4 Å². The zero-order chi connectivity index (χ0) is 25.4. The summed E-state index contributed by atoms with van der Waals surface area (Å²) in [5.41, 5.74) is 8.33. The van der Waals surface area contributed by atoms with Gasteiger partial charge in [-0.05, 0) is 47.8 Å². The van der Waals surface area contributed by atoms with E-state index in [1.807, 2.05) is 30.5 Å². The van der Waals surface area contributed by atoms with Crippen LogP contribution in [-0.4, -0.2) is 63.1 Å². The van der Waals surface area contributed by atoms with Crippen molar-refractivity contribution in [3.63, 3.8) is 0 Å². The average Bonchev–Trinajstić information content (AvgIpc) is 3.25. The van der Waals surface area contributed by atoms with Gasteiger partial charge in [0.2, 0.25) is 11.8 Å². The topological polar surface area (TPSA) is 158 Å². The lowest BCUT2D eigenvalue weighted by molar-refractivity contribution is -0.142. The molecule has 2 amide bonds. The number of carboxylic acid groups (broad SMARTS) is 1. The van der Waals surface area contributed by atoms with Crippen LogP contribution in [0.2, 0.25) is 0 Å². The first kappa shape index (κ1) is 26.1. The summed E-state index contributed by atoms with van der Waals surface area (Å²) in [5.74, 6) is -1.54. The number of hydrogen-bond donors (Lipinski definition) is 6. The standard InChI is InChI=1S/C25H30N4O5S/c1-35-11-10-19(26)23(31)28-21(13-16-14-27-20-5-3-2-4-18(16)20)24(32)29-22(25(33)34)12-15-6-8-17(30)9-7-15/h2-9,14,19,21-22,27,30H,10-13,26H2,1H3,(H,28,31)(H,29,32)(H,33,34). The molecule has 7 N–H and O–H groups in total. The molecule has 2 aromatic carbocycles. The van der Waals surface area contributed by atoms with Crippen LogP contribution in [0.5, 0.6) is 5.75 Å². The number of H-pyrrole nitrogens is 1. The summed E-state index contributed by atoms with van der Waals surface area (Å²) in [6, 6.07) is 10.6. The molecule has 0 fully saturated rings. The highest BCUT2D eigenvalue weighted by Gasteiger charge is 2.29. The summed E-state index contributed by atoms with van der Waals surface area (Å²) in [6.45, 7) is 0. The Morgan fingerprint density at radius 3 is 2.37 bits per heavy atom. The van der Waals surface area contributed by atoms with E-state index in [-0.39, 0.29) is 18.6 Å². The van der Waals surface area contributed by atoms with Gasteiger partial charge in [-0.1, -0.05) is 30.3 Å². The molecule has 0 saturated heterocycles. The Bertz CT molecular complexity index is 1160. The Balaban J connectivity index is 1.80. The highest BCUT2D eigenvalue weighted by atomic mass is 32.2. The fraction of sp³-hybridized carbons (Fsp3) is 0.320. The largest absolute Gasteiger partial charge is 0.508 e. The third-order valence-corrected chi connectivity index (χ3v) is 6.34. The number of thioether (sulfide) groups is 1. The highest BCUT2D eigenvalue weighted by molar-refractivity contribution is 7.98. The van der Waals surface area contributed by atoms with Gasteiger partial charge in [0.05, 0.1) is 6.04 Å². The van der Waals surface area contributed by atoms with Crippen LogP contribution in [0.1, 0.15) is 17.5 Å². The van der Waals surface area contributed by atoms with E-state index in [4.69, 9.17) is 5.73 Å². The number of aromatic hydroxyl groups is 1. The number of fused-ring (bicyclic) bond motifs is 1. The number of aromatic amines is 1. The van der Waals surface area contributed by atoms with Crippen molar-refractivity contribution in [2.24, 2.45) is 5.73 Å². The molecule has 0 aliphatic rings. The number of hydrogen-bond acceptors (Lipinski definition) is 6. The van der Waals surface area contributed by atoms with Gasteiger partial charge < -0.3 is 31.6 Å². The molecule has 0 aliphatic carbocycles. The smallest absolute Gasteiger partial charge is 0.326 e. The summed E-state index contributed by atoms with van der Waals surface area (Å²) in [6.07, 6.45) is 4.31. The Kier molecular flexibility index (Phi) is 9.16. The first-order valence-corrected chi connectivity index (χ1v) is 12.6.